The minimum Gasteiger partial charge on any atom is -0.481 e. The van der Waals surface area contributed by atoms with E-state index in [2.05, 4.69) is 47.8 Å². The van der Waals surface area contributed by atoms with E-state index in [9.17, 15) is 14.7 Å². The molecule has 0 saturated carbocycles. The summed E-state index contributed by atoms with van der Waals surface area (Å²) < 4.78 is 0. The summed E-state index contributed by atoms with van der Waals surface area (Å²) in [5.74, 6) is -0.670. The van der Waals surface area contributed by atoms with Crippen LogP contribution in [0.3, 0.4) is 0 Å². The van der Waals surface area contributed by atoms with Gasteiger partial charge in [-0.1, -0.05) is 74.0 Å². The zero-order chi connectivity index (χ0) is 28.6. The van der Waals surface area contributed by atoms with Crippen molar-refractivity contribution in [3.05, 3.63) is 101 Å². The first-order valence-electron chi connectivity index (χ1n) is 13.4. The number of benzene rings is 2. The van der Waals surface area contributed by atoms with Crippen molar-refractivity contribution in [2.45, 2.75) is 45.1 Å². The molecule has 5 rings (SSSR count). The number of amides is 1. The van der Waals surface area contributed by atoms with E-state index in [0.717, 1.165) is 45.8 Å². The maximum absolute atomic E-state index is 13.2. The van der Waals surface area contributed by atoms with Gasteiger partial charge in [0.2, 0.25) is 0 Å². The molecule has 11 nitrogen and oxygen atoms in total. The number of hydrogen-bond donors (Lipinski definition) is 4. The highest BCUT2D eigenvalue weighted by atomic mass is 16.4. The number of aromatic amines is 2. The lowest BCUT2D eigenvalue weighted by atomic mass is 10.0. The molecule has 208 valence electrons. The molecule has 0 saturated heterocycles. The number of H-pyrrole nitrogens is 2. The van der Waals surface area contributed by atoms with Gasteiger partial charge < -0.3 is 15.4 Å². The van der Waals surface area contributed by atoms with Crippen molar-refractivity contribution in [2.24, 2.45) is 0 Å². The molecule has 0 aliphatic heterocycles. The molecule has 5 aromatic rings. The summed E-state index contributed by atoms with van der Waals surface area (Å²) in [4.78, 5) is 37.1. The molecule has 11 heteroatoms. The molecule has 0 spiro atoms. The number of imidazole rings is 1. The first kappa shape index (κ1) is 27.4. The highest BCUT2D eigenvalue weighted by Gasteiger charge is 2.21. The first-order valence-corrected chi connectivity index (χ1v) is 13.4. The van der Waals surface area contributed by atoms with Gasteiger partial charge in [-0.15, -0.1) is 5.10 Å². The van der Waals surface area contributed by atoms with E-state index in [4.69, 9.17) is 0 Å². The van der Waals surface area contributed by atoms with Crippen LogP contribution < -0.4 is 5.32 Å². The normalized spacial score (nSPS) is 11.7. The van der Waals surface area contributed by atoms with Crippen molar-refractivity contribution >= 4 is 11.9 Å². The number of carboxylic acids is 1. The number of nitrogens with one attached hydrogen (secondary N) is 3. The Kier molecular flexibility index (Phi) is 8.53. The Labute approximate surface area is 236 Å². The van der Waals surface area contributed by atoms with Crippen LogP contribution in [0.4, 0.5) is 0 Å². The van der Waals surface area contributed by atoms with Gasteiger partial charge in [0.05, 0.1) is 17.8 Å². The van der Waals surface area contributed by atoms with Crippen molar-refractivity contribution in [2.75, 3.05) is 0 Å². The maximum Gasteiger partial charge on any atom is 0.305 e. The predicted octanol–water partition coefficient (Wildman–Crippen LogP) is 4.01. The van der Waals surface area contributed by atoms with Crippen LogP contribution in [-0.4, -0.2) is 58.6 Å². The number of nitrogens with zero attached hydrogens (tertiary/aromatic N) is 5. The van der Waals surface area contributed by atoms with E-state index in [1.54, 1.807) is 0 Å². The molecule has 0 aliphatic carbocycles. The average molecular weight is 551 g/mol. The Bertz CT molecular complexity index is 1600. The number of pyridine rings is 1. The van der Waals surface area contributed by atoms with Gasteiger partial charge in [0.15, 0.2) is 11.6 Å². The third kappa shape index (κ3) is 6.88. The second-order valence-electron chi connectivity index (χ2n) is 9.74. The van der Waals surface area contributed by atoms with E-state index in [0.29, 0.717) is 25.1 Å². The predicted molar refractivity (Wildman–Crippen MR) is 152 cm³/mol. The van der Waals surface area contributed by atoms with Gasteiger partial charge >= 0.3 is 5.97 Å². The molecule has 2 aromatic carbocycles. The lowest BCUT2D eigenvalue weighted by Crippen LogP contribution is -2.38. The SMILES string of the molecule is CCCc1nc(C(=O)NC(CC(=O)O)Cc2ccccc2)[nH]c1Cc1ccc(-c2ccccc2-c2nnn[nH]2)nc1. The second-order valence-corrected chi connectivity index (χ2v) is 9.74. The van der Waals surface area contributed by atoms with E-state index in [1.807, 2.05) is 72.9 Å². The molecule has 0 aliphatic rings. The van der Waals surface area contributed by atoms with Crippen molar-refractivity contribution in [1.29, 1.82) is 0 Å². The highest BCUT2D eigenvalue weighted by molar-refractivity contribution is 5.91. The van der Waals surface area contributed by atoms with E-state index in [-0.39, 0.29) is 12.2 Å². The average Bonchev–Trinajstić information content (AvgIpc) is 3.65. The van der Waals surface area contributed by atoms with Gasteiger partial charge in [-0.25, -0.2) is 10.1 Å². The molecule has 3 heterocycles. The second kappa shape index (κ2) is 12.8. The monoisotopic (exact) mass is 550 g/mol. The van der Waals surface area contributed by atoms with Crippen LogP contribution in [0, 0.1) is 0 Å². The Balaban J connectivity index is 1.33. The molecule has 3 aromatic heterocycles. The smallest absolute Gasteiger partial charge is 0.305 e. The van der Waals surface area contributed by atoms with Crippen LogP contribution in [-0.2, 0) is 24.1 Å². The third-order valence-corrected chi connectivity index (χ3v) is 6.66. The lowest BCUT2D eigenvalue weighted by Gasteiger charge is -2.16. The van der Waals surface area contributed by atoms with Gasteiger partial charge in [0, 0.05) is 35.5 Å². The van der Waals surface area contributed by atoms with Gasteiger partial charge in [-0.2, -0.15) is 0 Å². The summed E-state index contributed by atoms with van der Waals surface area (Å²) in [5, 5.41) is 26.4. The Morgan fingerprint density at radius 3 is 2.44 bits per heavy atom. The number of rotatable bonds is 12. The number of aromatic nitrogens is 7. The Morgan fingerprint density at radius 1 is 0.976 bits per heavy atom. The van der Waals surface area contributed by atoms with Crippen molar-refractivity contribution < 1.29 is 14.7 Å². The van der Waals surface area contributed by atoms with Crippen molar-refractivity contribution in [1.82, 2.24) is 40.9 Å². The topological polar surface area (TPSA) is 162 Å². The van der Waals surface area contributed by atoms with Crippen molar-refractivity contribution in [3.63, 3.8) is 0 Å². The summed E-state index contributed by atoms with van der Waals surface area (Å²) in [5.41, 5.74) is 6.06. The van der Waals surface area contributed by atoms with Crippen LogP contribution in [0.25, 0.3) is 22.6 Å². The van der Waals surface area contributed by atoms with Crippen LogP contribution >= 0.6 is 0 Å². The molecular formula is C30H30N8O3. The van der Waals surface area contributed by atoms with Crippen LogP contribution in [0.5, 0.6) is 0 Å². The molecule has 0 bridgehead atoms. The van der Waals surface area contributed by atoms with Gasteiger partial charge in [-0.05, 0) is 40.5 Å². The third-order valence-electron chi connectivity index (χ3n) is 6.66. The number of aliphatic carboxylic acids is 1. The quantitative estimate of drug-likeness (QED) is 0.181. The number of tetrazole rings is 1. The summed E-state index contributed by atoms with van der Waals surface area (Å²) in [6.07, 6.45) is 4.10. The molecule has 4 N–H and O–H groups in total. The molecule has 0 radical (unpaired) electrons. The highest BCUT2D eigenvalue weighted by Crippen LogP contribution is 2.28. The minimum absolute atomic E-state index is 0.172. The molecule has 1 amide bonds. The molecule has 41 heavy (non-hydrogen) atoms. The summed E-state index contributed by atoms with van der Waals surface area (Å²) in [7, 11) is 0. The molecular weight excluding hydrogens is 520 g/mol. The van der Waals surface area contributed by atoms with Gasteiger partial charge in [-0.3, -0.25) is 14.6 Å². The number of carbonyl (C=O) groups excluding carboxylic acids is 1. The number of aryl methyl sites for hydroxylation is 1. The van der Waals surface area contributed by atoms with Crippen LogP contribution in [0.2, 0.25) is 0 Å². The minimum atomic E-state index is -0.978. The van der Waals surface area contributed by atoms with Gasteiger partial charge in [0.1, 0.15) is 0 Å². The summed E-state index contributed by atoms with van der Waals surface area (Å²) in [6.45, 7) is 2.05. The van der Waals surface area contributed by atoms with Crippen LogP contribution in [0.1, 0.15) is 52.9 Å². The Morgan fingerprint density at radius 2 is 1.76 bits per heavy atom. The summed E-state index contributed by atoms with van der Waals surface area (Å²) >= 11 is 0. The fourth-order valence-electron chi connectivity index (χ4n) is 4.76. The lowest BCUT2D eigenvalue weighted by molar-refractivity contribution is -0.137. The Hall–Kier alpha value is -5.19. The van der Waals surface area contributed by atoms with E-state index < -0.39 is 17.9 Å². The van der Waals surface area contributed by atoms with E-state index >= 15 is 0 Å². The fourth-order valence-corrected chi connectivity index (χ4v) is 4.76. The van der Waals surface area contributed by atoms with E-state index in [1.165, 1.54) is 0 Å². The maximum atomic E-state index is 13.2. The zero-order valence-corrected chi connectivity index (χ0v) is 22.5. The van der Waals surface area contributed by atoms with Gasteiger partial charge in [0.25, 0.3) is 5.91 Å². The number of carboxylic acid groups (broad SMARTS) is 1. The molecule has 1 unspecified atom stereocenters. The summed E-state index contributed by atoms with van der Waals surface area (Å²) in [6, 6.07) is 20.6. The standard InChI is InChI=1S/C30H30N8O3/c1-2-8-25-26(34-29(33-25)30(41)32-21(17-27(39)40)15-19-9-4-3-5-10-19)16-20-13-14-24(31-18-20)22-11-6-7-12-23(22)28-35-37-38-36-28/h3-7,9-14,18,21H,2,8,15-17H2,1H3,(H,32,41)(H,33,34)(H,39,40)(H,35,36,37,38). The number of carbonyl (C=O) groups is 2. The largest absolute Gasteiger partial charge is 0.481 e. The molecule has 1 atom stereocenters. The molecule has 0 fully saturated rings. The fraction of sp³-hybridized carbons (Fsp3) is 0.233. The van der Waals surface area contributed by atoms with Crippen LogP contribution in [0.15, 0.2) is 72.9 Å². The number of hydrogen-bond acceptors (Lipinski definition) is 7. The zero-order valence-electron chi connectivity index (χ0n) is 22.5. The first-order chi connectivity index (χ1) is 20.0. The van der Waals surface area contributed by atoms with Crippen molar-refractivity contribution in [3.8, 4) is 22.6 Å².